The van der Waals surface area contributed by atoms with Crippen LogP contribution < -0.4 is 5.73 Å². The monoisotopic (exact) mass is 285 g/mol. The van der Waals surface area contributed by atoms with E-state index in [2.05, 4.69) is 0 Å². The Balaban J connectivity index is 2.00. The van der Waals surface area contributed by atoms with E-state index in [1.165, 1.54) is 0 Å². The molecule has 20 heavy (non-hydrogen) atoms. The maximum absolute atomic E-state index is 9.80. The number of para-hydroxylation sites is 1. The van der Waals surface area contributed by atoms with Crippen LogP contribution in [0.1, 0.15) is 5.56 Å². The summed E-state index contributed by atoms with van der Waals surface area (Å²) in [5.41, 5.74) is 7.01. The molecule has 0 saturated carbocycles. The van der Waals surface area contributed by atoms with Crippen molar-refractivity contribution >= 4 is 5.69 Å². The number of hydrogen-bond acceptors (Lipinski definition) is 7. The number of aliphatic hydroxyl groups excluding tert-OH is 4. The first-order valence-corrected chi connectivity index (χ1v) is 6.30. The molecule has 7 nitrogen and oxygen atoms in total. The molecule has 0 unspecified atom stereocenters. The van der Waals surface area contributed by atoms with Crippen LogP contribution in [0.5, 0.6) is 0 Å². The second kappa shape index (κ2) is 6.49. The highest BCUT2D eigenvalue weighted by molar-refractivity contribution is 5.45. The van der Waals surface area contributed by atoms with E-state index in [0.29, 0.717) is 11.3 Å². The van der Waals surface area contributed by atoms with Crippen molar-refractivity contribution in [1.82, 2.24) is 0 Å². The van der Waals surface area contributed by atoms with E-state index < -0.39 is 37.3 Å². The van der Waals surface area contributed by atoms with Gasteiger partial charge in [0, 0.05) is 11.3 Å². The Hall–Kier alpha value is -1.22. The Kier molecular flexibility index (Phi) is 4.92. The Labute approximate surface area is 116 Å². The minimum absolute atomic E-state index is 0.0787. The highest BCUT2D eigenvalue weighted by Crippen LogP contribution is 2.23. The number of benzene rings is 1. The third kappa shape index (κ3) is 3.09. The second-order valence-corrected chi connectivity index (χ2v) is 4.71. The lowest BCUT2D eigenvalue weighted by molar-refractivity contribution is -0.304. The summed E-state index contributed by atoms with van der Waals surface area (Å²) < 4.78 is 10.6. The SMILES string of the molecule is Nc1ccccc1CO[C@@H]1O[C@H](CO)[C@@H](O)[C@H](O)[C@H]1O. The van der Waals surface area contributed by atoms with Crippen LogP contribution in [-0.2, 0) is 16.1 Å². The molecule has 0 aromatic heterocycles. The topological polar surface area (TPSA) is 125 Å². The summed E-state index contributed by atoms with van der Waals surface area (Å²) in [6.45, 7) is -0.409. The van der Waals surface area contributed by atoms with E-state index in [-0.39, 0.29) is 6.61 Å². The molecule has 1 saturated heterocycles. The van der Waals surface area contributed by atoms with Crippen LogP contribution in [0.2, 0.25) is 0 Å². The van der Waals surface area contributed by atoms with Crippen LogP contribution in [0, 0.1) is 0 Å². The van der Waals surface area contributed by atoms with Crippen LogP contribution in [0.25, 0.3) is 0 Å². The van der Waals surface area contributed by atoms with E-state index in [1.54, 1.807) is 24.3 Å². The van der Waals surface area contributed by atoms with Crippen LogP contribution in [0.3, 0.4) is 0 Å². The smallest absolute Gasteiger partial charge is 0.187 e. The number of anilines is 1. The number of nitrogen functional groups attached to an aromatic ring is 1. The van der Waals surface area contributed by atoms with Gasteiger partial charge in [0.25, 0.3) is 0 Å². The average Bonchev–Trinajstić information content (AvgIpc) is 2.46. The van der Waals surface area contributed by atoms with Gasteiger partial charge in [0.05, 0.1) is 13.2 Å². The summed E-state index contributed by atoms with van der Waals surface area (Å²) in [7, 11) is 0. The number of ether oxygens (including phenoxy) is 2. The molecule has 1 aliphatic heterocycles. The van der Waals surface area contributed by atoms with Gasteiger partial charge in [0.2, 0.25) is 0 Å². The minimum Gasteiger partial charge on any atom is -0.398 e. The fraction of sp³-hybridized carbons (Fsp3) is 0.538. The van der Waals surface area contributed by atoms with Gasteiger partial charge in [0.15, 0.2) is 6.29 Å². The number of hydrogen-bond donors (Lipinski definition) is 5. The molecule has 0 aliphatic carbocycles. The third-order valence-corrected chi connectivity index (χ3v) is 3.31. The average molecular weight is 285 g/mol. The van der Waals surface area contributed by atoms with Crippen LogP contribution in [0.4, 0.5) is 5.69 Å². The van der Waals surface area contributed by atoms with Gasteiger partial charge in [-0.1, -0.05) is 18.2 Å². The number of aliphatic hydroxyl groups is 4. The zero-order valence-corrected chi connectivity index (χ0v) is 10.8. The lowest BCUT2D eigenvalue weighted by Gasteiger charge is -2.39. The van der Waals surface area contributed by atoms with E-state index in [9.17, 15) is 15.3 Å². The van der Waals surface area contributed by atoms with Gasteiger partial charge in [-0.3, -0.25) is 0 Å². The van der Waals surface area contributed by atoms with Crippen molar-refractivity contribution in [3.63, 3.8) is 0 Å². The minimum atomic E-state index is -1.45. The molecular formula is C13H19NO6. The molecule has 0 amide bonds. The van der Waals surface area contributed by atoms with E-state index in [4.69, 9.17) is 20.3 Å². The first kappa shape index (κ1) is 15.2. The predicted octanol–water partition coefficient (Wildman–Crippen LogP) is -1.41. The van der Waals surface area contributed by atoms with Crippen molar-refractivity contribution < 1.29 is 29.9 Å². The molecule has 6 N–H and O–H groups in total. The summed E-state index contributed by atoms with van der Waals surface area (Å²) in [5, 5.41) is 38.1. The zero-order valence-electron chi connectivity index (χ0n) is 10.8. The molecule has 5 atom stereocenters. The maximum atomic E-state index is 9.80. The van der Waals surface area contributed by atoms with Crippen molar-refractivity contribution in [2.45, 2.75) is 37.3 Å². The predicted molar refractivity (Wildman–Crippen MR) is 69.4 cm³/mol. The second-order valence-electron chi connectivity index (χ2n) is 4.71. The normalized spacial score (nSPS) is 34.1. The third-order valence-electron chi connectivity index (χ3n) is 3.31. The largest absolute Gasteiger partial charge is 0.398 e. The molecule has 1 aliphatic rings. The molecule has 2 rings (SSSR count). The van der Waals surface area contributed by atoms with Gasteiger partial charge >= 0.3 is 0 Å². The Morgan fingerprint density at radius 1 is 1.10 bits per heavy atom. The lowest BCUT2D eigenvalue weighted by Crippen LogP contribution is -2.59. The van der Waals surface area contributed by atoms with Crippen molar-refractivity contribution in [3.8, 4) is 0 Å². The molecule has 0 radical (unpaired) electrons. The van der Waals surface area contributed by atoms with Gasteiger partial charge in [-0.25, -0.2) is 0 Å². The Morgan fingerprint density at radius 2 is 1.80 bits per heavy atom. The Bertz CT molecular complexity index is 441. The fourth-order valence-corrected chi connectivity index (χ4v) is 2.04. The van der Waals surface area contributed by atoms with E-state index >= 15 is 0 Å². The highest BCUT2D eigenvalue weighted by atomic mass is 16.7. The van der Waals surface area contributed by atoms with Gasteiger partial charge in [-0.15, -0.1) is 0 Å². The number of rotatable bonds is 4. The number of nitrogens with two attached hydrogens (primary N) is 1. The summed E-state index contributed by atoms with van der Waals surface area (Å²) in [6.07, 6.45) is -6.37. The molecular weight excluding hydrogens is 266 g/mol. The summed E-state index contributed by atoms with van der Waals surface area (Å²) in [6, 6.07) is 7.06. The lowest BCUT2D eigenvalue weighted by atomic mass is 9.99. The molecule has 1 heterocycles. The quantitative estimate of drug-likeness (QED) is 0.430. The van der Waals surface area contributed by atoms with Gasteiger partial charge in [0.1, 0.15) is 24.4 Å². The van der Waals surface area contributed by atoms with Crippen molar-refractivity contribution in [3.05, 3.63) is 29.8 Å². The fourth-order valence-electron chi connectivity index (χ4n) is 2.04. The van der Waals surface area contributed by atoms with Crippen molar-refractivity contribution in [2.75, 3.05) is 12.3 Å². The van der Waals surface area contributed by atoms with Gasteiger partial charge in [-0.2, -0.15) is 0 Å². The van der Waals surface area contributed by atoms with Crippen molar-refractivity contribution in [1.29, 1.82) is 0 Å². The van der Waals surface area contributed by atoms with Crippen LogP contribution in [-0.4, -0.2) is 57.7 Å². The maximum Gasteiger partial charge on any atom is 0.187 e. The molecule has 1 fully saturated rings. The van der Waals surface area contributed by atoms with Gasteiger partial charge < -0.3 is 35.6 Å². The molecule has 112 valence electrons. The molecule has 0 bridgehead atoms. The first-order valence-electron chi connectivity index (χ1n) is 6.30. The molecule has 1 aromatic rings. The standard InChI is InChI=1S/C13H19NO6/c14-8-4-2-1-3-7(8)6-19-13-12(18)11(17)10(16)9(5-15)20-13/h1-4,9-13,15-18H,5-6,14H2/t9-,10-,11+,12-,13-/m1/s1. The first-order chi connectivity index (χ1) is 9.54. The molecule has 0 spiro atoms. The summed E-state index contributed by atoms with van der Waals surface area (Å²) >= 11 is 0. The van der Waals surface area contributed by atoms with E-state index in [0.717, 1.165) is 0 Å². The zero-order chi connectivity index (χ0) is 14.7. The summed E-state index contributed by atoms with van der Waals surface area (Å²) in [4.78, 5) is 0. The van der Waals surface area contributed by atoms with Crippen molar-refractivity contribution in [2.24, 2.45) is 0 Å². The van der Waals surface area contributed by atoms with Gasteiger partial charge in [-0.05, 0) is 6.07 Å². The van der Waals surface area contributed by atoms with Crippen LogP contribution >= 0.6 is 0 Å². The summed E-state index contributed by atoms with van der Waals surface area (Å²) in [5.74, 6) is 0. The molecule has 7 heteroatoms. The van der Waals surface area contributed by atoms with Crippen LogP contribution in [0.15, 0.2) is 24.3 Å². The van der Waals surface area contributed by atoms with E-state index in [1.807, 2.05) is 0 Å². The Morgan fingerprint density at radius 3 is 2.45 bits per heavy atom. The highest BCUT2D eigenvalue weighted by Gasteiger charge is 2.43. The molecule has 1 aromatic carbocycles.